The minimum absolute atomic E-state index is 0.00991. The fraction of sp³-hybridized carbons (Fsp3) is 0.0800. The maximum atomic E-state index is 12.5. The molecule has 0 fully saturated rings. The highest BCUT2D eigenvalue weighted by Gasteiger charge is 2.15. The van der Waals surface area contributed by atoms with Crippen LogP contribution in [0, 0.1) is 0 Å². The molecule has 1 heterocycles. The van der Waals surface area contributed by atoms with Crippen molar-refractivity contribution in [2.24, 2.45) is 0 Å². The van der Waals surface area contributed by atoms with Gasteiger partial charge in [0, 0.05) is 34.8 Å². The van der Waals surface area contributed by atoms with Crippen molar-refractivity contribution >= 4 is 38.5 Å². The molecule has 0 saturated heterocycles. The van der Waals surface area contributed by atoms with Gasteiger partial charge in [-0.3, -0.25) is 25.2 Å². The van der Waals surface area contributed by atoms with Gasteiger partial charge in [0.2, 0.25) is 10.0 Å². The number of carbonyl (C=O) groups excluding carboxylic acids is 3. The minimum Gasteiger partial charge on any atom is -0.360 e. The normalized spacial score (nSPS) is 11.2. The number of benzene rings is 3. The first-order valence-corrected chi connectivity index (χ1v) is 12.1. The lowest BCUT2D eigenvalue weighted by atomic mass is 10.1. The highest BCUT2D eigenvalue weighted by Crippen LogP contribution is 2.17. The number of fused-ring (bicyclic) bond motifs is 1. The van der Waals surface area contributed by atoms with E-state index in [1.807, 2.05) is 18.2 Å². The Morgan fingerprint density at radius 2 is 1.43 bits per heavy atom. The zero-order valence-corrected chi connectivity index (χ0v) is 19.5. The van der Waals surface area contributed by atoms with Gasteiger partial charge in [0.15, 0.2) is 5.78 Å². The number of aromatic amines is 1. The summed E-state index contributed by atoms with van der Waals surface area (Å²) in [6, 6.07) is 19.2. The predicted molar refractivity (Wildman–Crippen MR) is 130 cm³/mol. The number of hydrazine groups is 1. The molecule has 2 amide bonds. The molecule has 1 aromatic heterocycles. The molecule has 4 N–H and O–H groups in total. The van der Waals surface area contributed by atoms with Gasteiger partial charge in [0.1, 0.15) is 0 Å². The smallest absolute Gasteiger partial charge is 0.271 e. The third kappa shape index (κ3) is 5.45. The van der Waals surface area contributed by atoms with E-state index in [1.165, 1.54) is 43.3 Å². The van der Waals surface area contributed by atoms with Crippen LogP contribution in [0.1, 0.15) is 43.6 Å². The number of nitrogens with one attached hydrogen (secondary N) is 4. The molecule has 4 aromatic rings. The van der Waals surface area contributed by atoms with Crippen LogP contribution < -0.4 is 15.6 Å². The number of Topliss-reactive ketones (excluding diaryl/α,β-unsaturated/α-hetero) is 1. The number of hydrogen-bond donors (Lipinski definition) is 4. The van der Waals surface area contributed by atoms with E-state index in [0.717, 1.165) is 10.9 Å². The molecule has 0 radical (unpaired) electrons. The molecular weight excluding hydrogens is 468 g/mol. The molecule has 9 nitrogen and oxygen atoms in total. The summed E-state index contributed by atoms with van der Waals surface area (Å²) in [5.74, 6) is -1.13. The lowest BCUT2D eigenvalue weighted by Crippen LogP contribution is -2.41. The first kappa shape index (κ1) is 23.9. The number of hydrogen-bond acceptors (Lipinski definition) is 5. The Labute approximate surface area is 201 Å². The van der Waals surface area contributed by atoms with E-state index in [9.17, 15) is 22.8 Å². The highest BCUT2D eigenvalue weighted by atomic mass is 32.2. The number of carbonyl (C=O) groups is 3. The second-order valence-corrected chi connectivity index (χ2v) is 9.53. The van der Waals surface area contributed by atoms with Gasteiger partial charge in [0.05, 0.1) is 10.5 Å². The second-order valence-electron chi connectivity index (χ2n) is 7.76. The SMILES string of the molecule is CC(=O)c1ccc(S(=O)(=O)NCc2ccc(C(=O)NNC(=O)c3c[nH]c4ccccc34)cc2)cc1. The highest BCUT2D eigenvalue weighted by molar-refractivity contribution is 7.89. The molecule has 0 aliphatic rings. The predicted octanol–water partition coefficient (Wildman–Crippen LogP) is 2.92. The second kappa shape index (κ2) is 9.92. The number of rotatable bonds is 7. The molecule has 178 valence electrons. The van der Waals surface area contributed by atoms with Crippen LogP contribution in [0.25, 0.3) is 10.9 Å². The number of sulfonamides is 1. The Balaban J connectivity index is 1.33. The summed E-state index contributed by atoms with van der Waals surface area (Å²) in [6.07, 6.45) is 1.57. The molecular formula is C25H22N4O5S. The molecule has 0 atom stereocenters. The first-order chi connectivity index (χ1) is 16.7. The molecule has 0 bridgehead atoms. The third-order valence-corrected chi connectivity index (χ3v) is 6.79. The van der Waals surface area contributed by atoms with Crippen LogP contribution in [0.3, 0.4) is 0 Å². The summed E-state index contributed by atoms with van der Waals surface area (Å²) in [5.41, 5.74) is 7.32. The lowest BCUT2D eigenvalue weighted by molar-refractivity contribution is 0.0847. The third-order valence-electron chi connectivity index (χ3n) is 5.38. The Morgan fingerprint density at radius 3 is 2.11 bits per heavy atom. The van der Waals surface area contributed by atoms with Gasteiger partial charge in [-0.1, -0.05) is 42.5 Å². The maximum absolute atomic E-state index is 12.5. The van der Waals surface area contributed by atoms with Crippen molar-refractivity contribution in [2.75, 3.05) is 0 Å². The fourth-order valence-electron chi connectivity index (χ4n) is 3.42. The molecule has 0 unspecified atom stereocenters. The lowest BCUT2D eigenvalue weighted by Gasteiger charge is -2.09. The zero-order chi connectivity index (χ0) is 25.0. The van der Waals surface area contributed by atoms with E-state index < -0.39 is 21.8 Å². The van der Waals surface area contributed by atoms with Crippen LogP contribution >= 0.6 is 0 Å². The van der Waals surface area contributed by atoms with Gasteiger partial charge in [-0.15, -0.1) is 0 Å². The molecule has 3 aromatic carbocycles. The Bertz CT molecular complexity index is 1510. The molecule has 4 rings (SSSR count). The summed E-state index contributed by atoms with van der Waals surface area (Å²) >= 11 is 0. The number of ketones is 1. The van der Waals surface area contributed by atoms with Gasteiger partial charge < -0.3 is 4.98 Å². The van der Waals surface area contributed by atoms with Gasteiger partial charge in [-0.05, 0) is 42.8 Å². The molecule has 10 heteroatoms. The maximum Gasteiger partial charge on any atom is 0.271 e. The summed E-state index contributed by atoms with van der Waals surface area (Å²) in [7, 11) is -3.77. The van der Waals surface area contributed by atoms with E-state index >= 15 is 0 Å². The van der Waals surface area contributed by atoms with Crippen LogP contribution in [-0.4, -0.2) is 31.0 Å². The zero-order valence-electron chi connectivity index (χ0n) is 18.7. The molecule has 0 spiro atoms. The summed E-state index contributed by atoms with van der Waals surface area (Å²) in [6.45, 7) is 1.42. The van der Waals surface area contributed by atoms with Gasteiger partial charge in [-0.25, -0.2) is 13.1 Å². The van der Waals surface area contributed by atoms with Gasteiger partial charge in [0.25, 0.3) is 11.8 Å². The number of aromatic nitrogens is 1. The number of amides is 2. The van der Waals surface area contributed by atoms with E-state index in [4.69, 9.17) is 0 Å². The Morgan fingerprint density at radius 1 is 0.800 bits per heavy atom. The molecule has 0 aliphatic heterocycles. The topological polar surface area (TPSA) is 137 Å². The van der Waals surface area contributed by atoms with Crippen LogP contribution in [0.4, 0.5) is 0 Å². The minimum atomic E-state index is -3.77. The van der Waals surface area contributed by atoms with E-state index in [1.54, 1.807) is 24.4 Å². The average Bonchev–Trinajstić information content (AvgIpc) is 3.30. The van der Waals surface area contributed by atoms with Crippen molar-refractivity contribution in [3.63, 3.8) is 0 Å². The van der Waals surface area contributed by atoms with Crippen LogP contribution in [0.2, 0.25) is 0 Å². The largest absolute Gasteiger partial charge is 0.360 e. The van der Waals surface area contributed by atoms with Gasteiger partial charge >= 0.3 is 0 Å². The molecule has 35 heavy (non-hydrogen) atoms. The monoisotopic (exact) mass is 490 g/mol. The summed E-state index contributed by atoms with van der Waals surface area (Å²) in [5, 5.41) is 0.737. The Hall–Kier alpha value is -4.28. The summed E-state index contributed by atoms with van der Waals surface area (Å²) < 4.78 is 27.5. The van der Waals surface area contributed by atoms with E-state index in [2.05, 4.69) is 20.6 Å². The number of para-hydroxylation sites is 1. The average molecular weight is 491 g/mol. The van der Waals surface area contributed by atoms with Crippen molar-refractivity contribution in [1.29, 1.82) is 0 Å². The van der Waals surface area contributed by atoms with Crippen molar-refractivity contribution < 1.29 is 22.8 Å². The van der Waals surface area contributed by atoms with E-state index in [0.29, 0.717) is 16.7 Å². The molecule has 0 aliphatic carbocycles. The number of H-pyrrole nitrogens is 1. The van der Waals surface area contributed by atoms with Crippen molar-refractivity contribution in [1.82, 2.24) is 20.6 Å². The van der Waals surface area contributed by atoms with Crippen LogP contribution in [0.15, 0.2) is 83.9 Å². The van der Waals surface area contributed by atoms with Crippen LogP contribution in [0.5, 0.6) is 0 Å². The fourth-order valence-corrected chi connectivity index (χ4v) is 4.43. The van der Waals surface area contributed by atoms with E-state index in [-0.39, 0.29) is 22.8 Å². The standard InChI is InChI=1S/C25H22N4O5S/c1-16(30)18-10-12-20(13-11-18)35(33,34)27-14-17-6-8-19(9-7-17)24(31)28-29-25(32)22-15-26-23-5-3-2-4-21(22)23/h2-13,15,26-27H,14H2,1H3,(H,28,31)(H,29,32). The Kier molecular flexibility index (Phi) is 6.76. The van der Waals surface area contributed by atoms with Crippen molar-refractivity contribution in [2.45, 2.75) is 18.4 Å². The van der Waals surface area contributed by atoms with Crippen molar-refractivity contribution in [3.05, 3.63) is 101 Å². The quantitative estimate of drug-likeness (QED) is 0.233. The van der Waals surface area contributed by atoms with Crippen molar-refractivity contribution in [3.8, 4) is 0 Å². The summed E-state index contributed by atoms with van der Waals surface area (Å²) in [4.78, 5) is 39.2. The van der Waals surface area contributed by atoms with Gasteiger partial charge in [-0.2, -0.15) is 0 Å². The first-order valence-electron chi connectivity index (χ1n) is 10.6. The molecule has 0 saturated carbocycles. The van der Waals surface area contributed by atoms with Crippen LogP contribution in [-0.2, 0) is 16.6 Å².